The minimum atomic E-state index is 0.902. The molecule has 0 amide bonds. The highest BCUT2D eigenvalue weighted by Crippen LogP contribution is 2.17. The monoisotopic (exact) mass is 292 g/mol. The lowest BCUT2D eigenvalue weighted by Crippen LogP contribution is -2.18. The van der Waals surface area contributed by atoms with Crippen LogP contribution in [0.1, 0.15) is 12.5 Å². The van der Waals surface area contributed by atoms with Crippen LogP contribution in [0.5, 0.6) is 0 Å². The van der Waals surface area contributed by atoms with Crippen LogP contribution in [-0.4, -0.2) is 18.1 Å². The molecule has 0 atom stereocenters. The van der Waals surface area contributed by atoms with Crippen LogP contribution in [0.3, 0.4) is 0 Å². The van der Waals surface area contributed by atoms with E-state index in [1.165, 1.54) is 20.9 Å². The second-order valence-electron chi connectivity index (χ2n) is 4.02. The molecule has 0 saturated carbocycles. The number of nitrogens with one attached hydrogen (secondary N) is 2. The summed E-state index contributed by atoms with van der Waals surface area (Å²) in [5.41, 5.74) is 2.60. The number of halogens is 1. The number of hydrogen-bond donors (Lipinski definition) is 2. The van der Waals surface area contributed by atoms with Crippen molar-refractivity contribution in [1.29, 1.82) is 0 Å². The third-order valence-electron chi connectivity index (χ3n) is 2.85. The van der Waals surface area contributed by atoms with Crippen molar-refractivity contribution < 1.29 is 0 Å². The Kier molecular flexibility index (Phi) is 4.40. The van der Waals surface area contributed by atoms with Crippen LogP contribution in [-0.2, 0) is 6.42 Å². The first-order valence-electron chi connectivity index (χ1n) is 5.87. The van der Waals surface area contributed by atoms with Gasteiger partial charge in [-0.2, -0.15) is 0 Å². The molecule has 2 N–H and O–H groups in total. The fraction of sp³-hybridized carbons (Fsp3) is 0.286. The first-order chi connectivity index (χ1) is 8.31. The van der Waals surface area contributed by atoms with Crippen LogP contribution >= 0.6 is 15.9 Å². The number of hydrogen-bond acceptors (Lipinski definition) is 1. The second-order valence-corrected chi connectivity index (χ2v) is 5.04. The maximum Gasteiger partial charge on any atom is 0.0456 e. The molecule has 2 nitrogen and oxygen atoms in total. The summed E-state index contributed by atoms with van der Waals surface area (Å²) in [6.45, 7) is 3.93. The van der Waals surface area contributed by atoms with Crippen molar-refractivity contribution in [3.63, 3.8) is 0 Å². The summed E-state index contributed by atoms with van der Waals surface area (Å²) >= 11 is 3.49. The standard InChI is InChI=1S/C14H17BrN2/c1-2-12(15)10-16-8-7-11-9-17-14-6-4-3-5-13(11)14/h2-6,9,16-17H,7-8,10H2,1H3/b12-2-. The molecule has 0 spiro atoms. The van der Waals surface area contributed by atoms with Gasteiger partial charge in [0, 0.05) is 28.1 Å². The molecule has 0 aliphatic rings. The van der Waals surface area contributed by atoms with E-state index in [-0.39, 0.29) is 0 Å². The number of fused-ring (bicyclic) bond motifs is 1. The molecule has 90 valence electrons. The summed E-state index contributed by atoms with van der Waals surface area (Å²) in [5, 5.41) is 4.74. The zero-order valence-electron chi connectivity index (χ0n) is 9.96. The molecule has 17 heavy (non-hydrogen) atoms. The molecule has 2 aromatic rings. The van der Waals surface area contributed by atoms with Gasteiger partial charge in [0.15, 0.2) is 0 Å². The molecular formula is C14H17BrN2. The van der Waals surface area contributed by atoms with E-state index in [1.807, 2.05) is 6.92 Å². The largest absolute Gasteiger partial charge is 0.361 e. The molecule has 3 heteroatoms. The maximum absolute atomic E-state index is 3.49. The van der Waals surface area contributed by atoms with Gasteiger partial charge in [0.1, 0.15) is 0 Å². The van der Waals surface area contributed by atoms with E-state index in [0.717, 1.165) is 19.5 Å². The van der Waals surface area contributed by atoms with Gasteiger partial charge in [-0.1, -0.05) is 40.2 Å². The predicted molar refractivity (Wildman–Crippen MR) is 77.6 cm³/mol. The highest BCUT2D eigenvalue weighted by molar-refractivity contribution is 9.11. The number of aromatic nitrogens is 1. The summed E-state index contributed by atoms with van der Waals surface area (Å²) in [6, 6.07) is 8.43. The molecule has 0 radical (unpaired) electrons. The highest BCUT2D eigenvalue weighted by Gasteiger charge is 2.01. The first-order valence-corrected chi connectivity index (χ1v) is 6.67. The fourth-order valence-electron chi connectivity index (χ4n) is 1.87. The van der Waals surface area contributed by atoms with Crippen molar-refractivity contribution >= 4 is 26.8 Å². The molecule has 1 aromatic carbocycles. The van der Waals surface area contributed by atoms with E-state index in [0.29, 0.717) is 0 Å². The topological polar surface area (TPSA) is 27.8 Å². The summed E-state index contributed by atoms with van der Waals surface area (Å²) in [5.74, 6) is 0. The molecule has 0 saturated heterocycles. The number of rotatable bonds is 5. The van der Waals surface area contributed by atoms with Crippen molar-refractivity contribution in [1.82, 2.24) is 10.3 Å². The van der Waals surface area contributed by atoms with E-state index < -0.39 is 0 Å². The summed E-state index contributed by atoms with van der Waals surface area (Å²) in [4.78, 5) is 3.30. The van der Waals surface area contributed by atoms with Crippen LogP contribution in [0.4, 0.5) is 0 Å². The lowest BCUT2D eigenvalue weighted by Gasteiger charge is -2.03. The van der Waals surface area contributed by atoms with Crippen molar-refractivity contribution in [3.8, 4) is 0 Å². The van der Waals surface area contributed by atoms with Gasteiger partial charge in [0.2, 0.25) is 0 Å². The van der Waals surface area contributed by atoms with Gasteiger partial charge in [0.25, 0.3) is 0 Å². The van der Waals surface area contributed by atoms with E-state index in [4.69, 9.17) is 0 Å². The summed E-state index contributed by atoms with van der Waals surface area (Å²) in [6.07, 6.45) is 5.23. The van der Waals surface area contributed by atoms with Gasteiger partial charge >= 0.3 is 0 Å². The van der Waals surface area contributed by atoms with E-state index in [9.17, 15) is 0 Å². The Labute approximate surface area is 110 Å². The average Bonchev–Trinajstić information content (AvgIpc) is 2.78. The first kappa shape index (κ1) is 12.4. The van der Waals surface area contributed by atoms with Gasteiger partial charge in [-0.05, 0) is 31.5 Å². The van der Waals surface area contributed by atoms with Gasteiger partial charge in [-0.3, -0.25) is 0 Å². The van der Waals surface area contributed by atoms with Gasteiger partial charge in [-0.25, -0.2) is 0 Å². The second kappa shape index (κ2) is 6.03. The number of H-pyrrole nitrogens is 1. The lowest BCUT2D eigenvalue weighted by atomic mass is 10.1. The fourth-order valence-corrected chi connectivity index (χ4v) is 2.07. The quantitative estimate of drug-likeness (QED) is 0.810. The number of para-hydroxylation sites is 1. The number of allylic oxidation sites excluding steroid dienone is 1. The summed E-state index contributed by atoms with van der Waals surface area (Å²) < 4.78 is 1.21. The average molecular weight is 293 g/mol. The van der Waals surface area contributed by atoms with Crippen LogP contribution in [0.15, 0.2) is 41.0 Å². The third-order valence-corrected chi connectivity index (χ3v) is 3.59. The highest BCUT2D eigenvalue weighted by atomic mass is 79.9. The molecule has 1 heterocycles. The zero-order valence-corrected chi connectivity index (χ0v) is 11.5. The van der Waals surface area contributed by atoms with E-state index >= 15 is 0 Å². The Morgan fingerprint density at radius 1 is 1.41 bits per heavy atom. The molecule has 0 bridgehead atoms. The number of benzene rings is 1. The normalized spacial score (nSPS) is 12.2. The molecular weight excluding hydrogens is 276 g/mol. The van der Waals surface area contributed by atoms with Gasteiger partial charge < -0.3 is 10.3 Å². The van der Waals surface area contributed by atoms with Crippen LogP contribution < -0.4 is 5.32 Å². The molecule has 0 fully saturated rings. The lowest BCUT2D eigenvalue weighted by molar-refractivity contribution is 0.743. The summed E-state index contributed by atoms with van der Waals surface area (Å²) in [7, 11) is 0. The van der Waals surface area contributed by atoms with Crippen LogP contribution in [0, 0.1) is 0 Å². The Bertz CT molecular complexity index is 514. The van der Waals surface area contributed by atoms with Crippen LogP contribution in [0.2, 0.25) is 0 Å². The Morgan fingerprint density at radius 2 is 2.24 bits per heavy atom. The minimum Gasteiger partial charge on any atom is -0.361 e. The SMILES string of the molecule is C/C=C(\Br)CNCCc1c[nH]c2ccccc12. The van der Waals surface area contributed by atoms with Crippen molar-refractivity contribution in [2.45, 2.75) is 13.3 Å². The zero-order chi connectivity index (χ0) is 12.1. The molecule has 2 rings (SSSR count). The molecule has 0 aliphatic carbocycles. The van der Waals surface area contributed by atoms with Gasteiger partial charge in [0.05, 0.1) is 0 Å². The smallest absolute Gasteiger partial charge is 0.0456 e. The Balaban J connectivity index is 1.91. The van der Waals surface area contributed by atoms with E-state index in [2.05, 4.69) is 62.8 Å². The van der Waals surface area contributed by atoms with Crippen molar-refractivity contribution in [3.05, 3.63) is 46.6 Å². The molecule has 0 aliphatic heterocycles. The van der Waals surface area contributed by atoms with Gasteiger partial charge in [-0.15, -0.1) is 0 Å². The van der Waals surface area contributed by atoms with Crippen molar-refractivity contribution in [2.75, 3.05) is 13.1 Å². The molecule has 1 aromatic heterocycles. The number of aromatic amines is 1. The van der Waals surface area contributed by atoms with Crippen LogP contribution in [0.25, 0.3) is 10.9 Å². The van der Waals surface area contributed by atoms with Crippen molar-refractivity contribution in [2.24, 2.45) is 0 Å². The predicted octanol–water partition coefficient (Wildman–Crippen LogP) is 3.60. The molecule has 0 unspecified atom stereocenters. The minimum absolute atomic E-state index is 0.902. The Morgan fingerprint density at radius 3 is 3.06 bits per heavy atom. The Hall–Kier alpha value is -1.06. The third kappa shape index (κ3) is 3.20. The van der Waals surface area contributed by atoms with E-state index in [1.54, 1.807) is 0 Å². The maximum atomic E-state index is 3.49.